The van der Waals surface area contributed by atoms with Crippen molar-refractivity contribution in [1.82, 2.24) is 4.90 Å². The summed E-state index contributed by atoms with van der Waals surface area (Å²) in [5, 5.41) is 9.29. The largest absolute Gasteiger partial charge is 0.481 e. The number of carboxylic acid groups (broad SMARTS) is 1. The van der Waals surface area contributed by atoms with Gasteiger partial charge in [0, 0.05) is 19.5 Å². The first kappa shape index (κ1) is 15.0. The Morgan fingerprint density at radius 1 is 1.28 bits per heavy atom. The van der Waals surface area contributed by atoms with Gasteiger partial charge in [0.2, 0.25) is 5.91 Å². The Kier molecular flexibility index (Phi) is 5.17. The lowest BCUT2D eigenvalue weighted by molar-refractivity contribution is -0.154. The molecule has 1 saturated heterocycles. The average Bonchev–Trinajstić information content (AvgIpc) is 2.35. The van der Waals surface area contributed by atoms with Crippen molar-refractivity contribution in [2.24, 2.45) is 11.3 Å². The van der Waals surface area contributed by atoms with Crippen LogP contribution in [0.3, 0.4) is 0 Å². The maximum Gasteiger partial charge on any atom is 0.309 e. The maximum atomic E-state index is 12.0. The smallest absolute Gasteiger partial charge is 0.309 e. The van der Waals surface area contributed by atoms with E-state index < -0.39 is 11.4 Å². The van der Waals surface area contributed by atoms with Crippen LogP contribution in [-0.2, 0) is 9.59 Å². The Bertz CT molecular complexity index is 304. The quantitative estimate of drug-likeness (QED) is 0.821. The summed E-state index contributed by atoms with van der Waals surface area (Å²) in [5.41, 5.74) is -0.602. The van der Waals surface area contributed by atoms with E-state index in [-0.39, 0.29) is 5.91 Å². The molecule has 1 fully saturated rings. The van der Waals surface area contributed by atoms with Gasteiger partial charge in [-0.05, 0) is 31.6 Å². The van der Waals surface area contributed by atoms with Crippen molar-refractivity contribution < 1.29 is 14.7 Å². The zero-order valence-corrected chi connectivity index (χ0v) is 11.7. The molecule has 1 aliphatic heterocycles. The third-order valence-corrected chi connectivity index (χ3v) is 4.14. The lowest BCUT2D eigenvalue weighted by Gasteiger charge is -2.38. The monoisotopic (exact) mass is 255 g/mol. The summed E-state index contributed by atoms with van der Waals surface area (Å²) in [6.07, 6.45) is 3.33. The minimum absolute atomic E-state index is 0.179. The van der Waals surface area contributed by atoms with Crippen LogP contribution in [-0.4, -0.2) is 35.0 Å². The van der Waals surface area contributed by atoms with Gasteiger partial charge in [-0.2, -0.15) is 0 Å². The van der Waals surface area contributed by atoms with Crippen molar-refractivity contribution in [1.29, 1.82) is 0 Å². The zero-order chi connectivity index (χ0) is 13.8. The van der Waals surface area contributed by atoms with Gasteiger partial charge in [0.15, 0.2) is 0 Å². The van der Waals surface area contributed by atoms with Crippen molar-refractivity contribution in [2.45, 2.75) is 52.9 Å². The summed E-state index contributed by atoms with van der Waals surface area (Å²) in [6.45, 7) is 7.32. The second kappa shape index (κ2) is 6.21. The summed E-state index contributed by atoms with van der Waals surface area (Å²) in [6, 6.07) is 0. The lowest BCUT2D eigenvalue weighted by Crippen LogP contribution is -2.46. The van der Waals surface area contributed by atoms with E-state index in [4.69, 9.17) is 0 Å². The molecule has 4 heteroatoms. The number of nitrogens with zero attached hydrogens (tertiary/aromatic N) is 1. The Morgan fingerprint density at radius 2 is 1.83 bits per heavy atom. The zero-order valence-electron chi connectivity index (χ0n) is 11.7. The van der Waals surface area contributed by atoms with Crippen LogP contribution in [0.2, 0.25) is 0 Å². The number of carbonyl (C=O) groups is 2. The highest BCUT2D eigenvalue weighted by atomic mass is 16.4. The minimum Gasteiger partial charge on any atom is -0.481 e. The molecular formula is C14H25NO3. The molecule has 0 radical (unpaired) electrons. The van der Waals surface area contributed by atoms with Crippen LogP contribution in [0.15, 0.2) is 0 Å². The predicted octanol–water partition coefficient (Wildman–Crippen LogP) is 2.53. The number of carbonyl (C=O) groups excluding carboxylic acids is 1. The summed E-state index contributed by atoms with van der Waals surface area (Å²) in [7, 11) is 0. The summed E-state index contributed by atoms with van der Waals surface area (Å²) >= 11 is 0. The van der Waals surface area contributed by atoms with Gasteiger partial charge in [-0.3, -0.25) is 9.59 Å². The van der Waals surface area contributed by atoms with Gasteiger partial charge >= 0.3 is 5.97 Å². The molecule has 0 aliphatic carbocycles. The summed E-state index contributed by atoms with van der Waals surface area (Å²) in [5.74, 6) is 0.00515. The number of aliphatic carboxylic acids is 1. The van der Waals surface area contributed by atoms with Gasteiger partial charge < -0.3 is 10.0 Å². The van der Waals surface area contributed by atoms with Crippen molar-refractivity contribution in [3.63, 3.8) is 0 Å². The number of piperidine rings is 1. The number of amides is 1. The fraction of sp³-hybridized carbons (Fsp3) is 0.857. The van der Waals surface area contributed by atoms with E-state index in [1.165, 1.54) is 0 Å². The second-order valence-electron chi connectivity index (χ2n) is 5.75. The molecule has 1 amide bonds. The standard InChI is InChI=1S/C14H25NO3/c1-4-14(13(17)18)7-9-15(10-8-14)12(16)6-5-11(2)3/h11H,4-10H2,1-3H3,(H,17,18). The van der Waals surface area contributed by atoms with Gasteiger partial charge in [0.25, 0.3) is 0 Å². The van der Waals surface area contributed by atoms with E-state index in [1.807, 2.05) is 11.8 Å². The van der Waals surface area contributed by atoms with E-state index in [2.05, 4.69) is 13.8 Å². The predicted molar refractivity (Wildman–Crippen MR) is 70.2 cm³/mol. The maximum absolute atomic E-state index is 12.0. The first-order chi connectivity index (χ1) is 8.41. The summed E-state index contributed by atoms with van der Waals surface area (Å²) in [4.78, 5) is 25.1. The van der Waals surface area contributed by atoms with Crippen LogP contribution in [0.1, 0.15) is 52.9 Å². The molecule has 0 aromatic rings. The van der Waals surface area contributed by atoms with Gasteiger partial charge in [-0.1, -0.05) is 20.8 Å². The molecule has 1 N–H and O–H groups in total. The summed E-state index contributed by atoms with van der Waals surface area (Å²) < 4.78 is 0. The van der Waals surface area contributed by atoms with Crippen LogP contribution in [0.25, 0.3) is 0 Å². The van der Waals surface area contributed by atoms with Crippen molar-refractivity contribution in [3.05, 3.63) is 0 Å². The van der Waals surface area contributed by atoms with Gasteiger partial charge in [0.1, 0.15) is 0 Å². The first-order valence-electron chi connectivity index (χ1n) is 6.92. The van der Waals surface area contributed by atoms with E-state index in [1.54, 1.807) is 0 Å². The molecule has 0 saturated carbocycles. The Labute approximate surface area is 109 Å². The Hall–Kier alpha value is -1.06. The molecule has 0 atom stereocenters. The second-order valence-corrected chi connectivity index (χ2v) is 5.75. The highest BCUT2D eigenvalue weighted by molar-refractivity contribution is 5.78. The third-order valence-electron chi connectivity index (χ3n) is 4.14. The SMILES string of the molecule is CCC1(C(=O)O)CCN(C(=O)CCC(C)C)CC1. The highest BCUT2D eigenvalue weighted by Crippen LogP contribution is 2.35. The van der Waals surface area contributed by atoms with E-state index in [0.29, 0.717) is 44.7 Å². The Morgan fingerprint density at radius 3 is 2.22 bits per heavy atom. The average molecular weight is 255 g/mol. The van der Waals surface area contributed by atoms with E-state index >= 15 is 0 Å². The first-order valence-corrected chi connectivity index (χ1v) is 6.92. The van der Waals surface area contributed by atoms with Crippen molar-refractivity contribution in [3.8, 4) is 0 Å². The third kappa shape index (κ3) is 3.47. The number of hydrogen-bond acceptors (Lipinski definition) is 2. The molecule has 104 valence electrons. The number of carboxylic acids is 1. The molecule has 18 heavy (non-hydrogen) atoms. The molecule has 4 nitrogen and oxygen atoms in total. The number of likely N-dealkylation sites (tertiary alicyclic amines) is 1. The van der Waals surface area contributed by atoms with Crippen LogP contribution >= 0.6 is 0 Å². The fourth-order valence-corrected chi connectivity index (χ4v) is 2.47. The molecule has 0 aromatic carbocycles. The number of rotatable bonds is 5. The molecular weight excluding hydrogens is 230 g/mol. The Balaban J connectivity index is 2.48. The molecule has 1 rings (SSSR count). The van der Waals surface area contributed by atoms with Gasteiger partial charge in [-0.15, -0.1) is 0 Å². The highest BCUT2D eigenvalue weighted by Gasteiger charge is 2.40. The molecule has 1 heterocycles. The molecule has 0 spiro atoms. The van der Waals surface area contributed by atoms with Crippen molar-refractivity contribution >= 4 is 11.9 Å². The molecule has 0 bridgehead atoms. The van der Waals surface area contributed by atoms with Crippen molar-refractivity contribution in [2.75, 3.05) is 13.1 Å². The molecule has 0 aromatic heterocycles. The lowest BCUT2D eigenvalue weighted by atomic mass is 9.76. The minimum atomic E-state index is -0.709. The van der Waals surface area contributed by atoms with Crippen LogP contribution in [0.4, 0.5) is 0 Å². The fourth-order valence-electron chi connectivity index (χ4n) is 2.47. The topological polar surface area (TPSA) is 57.6 Å². The van der Waals surface area contributed by atoms with Gasteiger partial charge in [0.05, 0.1) is 5.41 Å². The molecule has 1 aliphatic rings. The van der Waals surface area contributed by atoms with Gasteiger partial charge in [-0.25, -0.2) is 0 Å². The van der Waals surface area contributed by atoms with E-state index in [9.17, 15) is 14.7 Å². The van der Waals surface area contributed by atoms with Crippen LogP contribution in [0.5, 0.6) is 0 Å². The van der Waals surface area contributed by atoms with Crippen LogP contribution in [0, 0.1) is 11.3 Å². The number of hydrogen-bond donors (Lipinski definition) is 1. The van der Waals surface area contributed by atoms with Crippen LogP contribution < -0.4 is 0 Å². The molecule has 0 unspecified atom stereocenters. The van der Waals surface area contributed by atoms with E-state index in [0.717, 1.165) is 6.42 Å². The normalized spacial score (nSPS) is 19.0.